The molecule has 0 radical (unpaired) electrons. The third-order valence-electron chi connectivity index (χ3n) is 3.45. The fourth-order valence-corrected chi connectivity index (χ4v) is 2.55. The zero-order valence-corrected chi connectivity index (χ0v) is 9.73. The molecule has 1 aromatic carbocycles. The molecule has 88 valence electrons. The summed E-state index contributed by atoms with van der Waals surface area (Å²) in [6, 6.07) is 10.6. The summed E-state index contributed by atoms with van der Waals surface area (Å²) in [5, 5.41) is 12.7. The molecule has 1 aromatic rings. The van der Waals surface area contributed by atoms with Gasteiger partial charge >= 0.3 is 0 Å². The third kappa shape index (κ3) is 3.32. The second-order valence-electron chi connectivity index (χ2n) is 4.83. The first-order chi connectivity index (χ1) is 7.88. The van der Waals surface area contributed by atoms with Crippen LogP contribution in [0.25, 0.3) is 0 Å². The van der Waals surface area contributed by atoms with Gasteiger partial charge in [-0.3, -0.25) is 0 Å². The van der Waals surface area contributed by atoms with Crippen LogP contribution in [-0.4, -0.2) is 24.8 Å². The van der Waals surface area contributed by atoms with Crippen molar-refractivity contribution in [1.29, 1.82) is 0 Å². The van der Waals surface area contributed by atoms with E-state index < -0.39 is 0 Å². The minimum Gasteiger partial charge on any atom is -0.396 e. The van der Waals surface area contributed by atoms with Crippen LogP contribution in [0.3, 0.4) is 0 Å². The van der Waals surface area contributed by atoms with Crippen molar-refractivity contribution in [3.05, 3.63) is 35.9 Å². The van der Waals surface area contributed by atoms with E-state index in [9.17, 15) is 5.11 Å². The van der Waals surface area contributed by atoms with Gasteiger partial charge in [0.25, 0.3) is 0 Å². The molecule has 2 nitrogen and oxygen atoms in total. The lowest BCUT2D eigenvalue weighted by atomic mass is 9.89. The van der Waals surface area contributed by atoms with Crippen molar-refractivity contribution >= 4 is 0 Å². The summed E-state index contributed by atoms with van der Waals surface area (Å²) in [6.45, 7) is 2.48. The van der Waals surface area contributed by atoms with Crippen LogP contribution in [0.15, 0.2) is 30.3 Å². The molecule has 0 spiro atoms. The molecule has 2 N–H and O–H groups in total. The third-order valence-corrected chi connectivity index (χ3v) is 3.45. The summed E-state index contributed by atoms with van der Waals surface area (Å²) < 4.78 is 0. The van der Waals surface area contributed by atoms with Crippen molar-refractivity contribution in [3.63, 3.8) is 0 Å². The minimum atomic E-state index is 0.340. The summed E-state index contributed by atoms with van der Waals surface area (Å²) in [7, 11) is 0. The first-order valence-electron chi connectivity index (χ1n) is 6.24. The Morgan fingerprint density at radius 3 is 2.75 bits per heavy atom. The van der Waals surface area contributed by atoms with Crippen LogP contribution in [0.2, 0.25) is 0 Å². The summed E-state index contributed by atoms with van der Waals surface area (Å²) in [4.78, 5) is 0. The Morgan fingerprint density at radius 2 is 2.00 bits per heavy atom. The normalized spacial score (nSPS) is 26.3. The number of aliphatic hydroxyl groups excluding tert-OH is 1. The Balaban J connectivity index is 1.93. The van der Waals surface area contributed by atoms with Gasteiger partial charge in [0.05, 0.1) is 0 Å². The SMILES string of the molecule is OCC1CCNCC(Cc2ccccc2)C1. The first kappa shape index (κ1) is 11.6. The summed E-state index contributed by atoms with van der Waals surface area (Å²) in [6.07, 6.45) is 3.39. The lowest BCUT2D eigenvalue weighted by molar-refractivity contribution is 0.202. The highest BCUT2D eigenvalue weighted by Gasteiger charge is 2.19. The average Bonchev–Trinajstić information content (AvgIpc) is 2.55. The Morgan fingerprint density at radius 1 is 1.19 bits per heavy atom. The monoisotopic (exact) mass is 219 g/mol. The second kappa shape index (κ2) is 6.02. The summed E-state index contributed by atoms with van der Waals surface area (Å²) in [5.41, 5.74) is 1.41. The highest BCUT2D eigenvalue weighted by molar-refractivity contribution is 5.15. The highest BCUT2D eigenvalue weighted by atomic mass is 16.3. The van der Waals surface area contributed by atoms with Crippen molar-refractivity contribution in [2.75, 3.05) is 19.7 Å². The molecule has 0 aliphatic carbocycles. The molecule has 16 heavy (non-hydrogen) atoms. The number of aliphatic hydroxyl groups is 1. The lowest BCUT2D eigenvalue weighted by Gasteiger charge is -2.17. The molecule has 0 amide bonds. The number of benzene rings is 1. The van der Waals surface area contributed by atoms with E-state index in [1.54, 1.807) is 0 Å². The van der Waals surface area contributed by atoms with Gasteiger partial charge < -0.3 is 10.4 Å². The second-order valence-corrected chi connectivity index (χ2v) is 4.83. The number of hydrogen-bond acceptors (Lipinski definition) is 2. The Labute approximate surface area is 97.7 Å². The van der Waals surface area contributed by atoms with Crippen molar-refractivity contribution in [3.8, 4) is 0 Å². The maximum atomic E-state index is 9.27. The highest BCUT2D eigenvalue weighted by Crippen LogP contribution is 2.21. The molecule has 0 aromatic heterocycles. The van der Waals surface area contributed by atoms with Gasteiger partial charge in [-0.2, -0.15) is 0 Å². The molecular weight excluding hydrogens is 198 g/mol. The van der Waals surface area contributed by atoms with Gasteiger partial charge in [0, 0.05) is 6.61 Å². The van der Waals surface area contributed by atoms with Gasteiger partial charge in [-0.25, -0.2) is 0 Å². The quantitative estimate of drug-likeness (QED) is 0.813. The van der Waals surface area contributed by atoms with Crippen LogP contribution in [0, 0.1) is 11.8 Å². The van der Waals surface area contributed by atoms with E-state index in [2.05, 4.69) is 35.6 Å². The van der Waals surface area contributed by atoms with Crippen LogP contribution in [0.1, 0.15) is 18.4 Å². The molecule has 0 bridgehead atoms. The predicted octanol–water partition coefficient (Wildman–Crippen LogP) is 1.84. The number of rotatable bonds is 3. The Bertz CT molecular complexity index is 299. The minimum absolute atomic E-state index is 0.340. The molecule has 1 heterocycles. The molecule has 2 unspecified atom stereocenters. The van der Waals surface area contributed by atoms with E-state index in [1.807, 2.05) is 0 Å². The summed E-state index contributed by atoms with van der Waals surface area (Å²) in [5.74, 6) is 1.16. The van der Waals surface area contributed by atoms with Crippen molar-refractivity contribution < 1.29 is 5.11 Å². The van der Waals surface area contributed by atoms with Gasteiger partial charge in [-0.15, -0.1) is 0 Å². The Hall–Kier alpha value is -0.860. The molecule has 0 saturated carbocycles. The van der Waals surface area contributed by atoms with Gasteiger partial charge in [-0.05, 0) is 49.8 Å². The van der Waals surface area contributed by atoms with Crippen LogP contribution >= 0.6 is 0 Å². The van der Waals surface area contributed by atoms with E-state index in [0.29, 0.717) is 18.4 Å². The van der Waals surface area contributed by atoms with Gasteiger partial charge in [0.2, 0.25) is 0 Å². The standard InChI is InChI=1S/C14H21NO/c16-11-13-6-7-15-10-14(9-13)8-12-4-2-1-3-5-12/h1-5,13-16H,6-11H2. The van der Waals surface area contributed by atoms with E-state index >= 15 is 0 Å². The van der Waals surface area contributed by atoms with Crippen LogP contribution < -0.4 is 5.32 Å². The molecule has 1 saturated heterocycles. The van der Waals surface area contributed by atoms with E-state index in [-0.39, 0.29) is 0 Å². The maximum Gasteiger partial charge on any atom is 0.0459 e. The van der Waals surface area contributed by atoms with E-state index in [1.165, 1.54) is 5.56 Å². The van der Waals surface area contributed by atoms with Gasteiger partial charge in [-0.1, -0.05) is 30.3 Å². The number of nitrogens with one attached hydrogen (secondary N) is 1. The molecule has 2 rings (SSSR count). The largest absolute Gasteiger partial charge is 0.396 e. The molecule has 1 aliphatic rings. The fraction of sp³-hybridized carbons (Fsp3) is 0.571. The molecule has 1 aliphatic heterocycles. The Kier molecular flexibility index (Phi) is 4.37. The molecule has 2 atom stereocenters. The van der Waals surface area contributed by atoms with Crippen LogP contribution in [-0.2, 0) is 6.42 Å². The van der Waals surface area contributed by atoms with Crippen molar-refractivity contribution in [2.24, 2.45) is 11.8 Å². The smallest absolute Gasteiger partial charge is 0.0459 e. The number of hydrogen-bond donors (Lipinski definition) is 2. The molecule has 2 heteroatoms. The maximum absolute atomic E-state index is 9.27. The van der Waals surface area contributed by atoms with Crippen LogP contribution in [0.5, 0.6) is 0 Å². The summed E-state index contributed by atoms with van der Waals surface area (Å²) >= 11 is 0. The zero-order valence-electron chi connectivity index (χ0n) is 9.73. The molecular formula is C14H21NO. The van der Waals surface area contributed by atoms with Crippen LogP contribution in [0.4, 0.5) is 0 Å². The van der Waals surface area contributed by atoms with Crippen molar-refractivity contribution in [2.45, 2.75) is 19.3 Å². The topological polar surface area (TPSA) is 32.3 Å². The van der Waals surface area contributed by atoms with Gasteiger partial charge in [0.1, 0.15) is 0 Å². The predicted molar refractivity (Wildman–Crippen MR) is 66.3 cm³/mol. The van der Waals surface area contributed by atoms with E-state index in [0.717, 1.165) is 32.4 Å². The lowest BCUT2D eigenvalue weighted by Crippen LogP contribution is -2.22. The molecule has 1 fully saturated rings. The zero-order chi connectivity index (χ0) is 11.2. The van der Waals surface area contributed by atoms with Crippen molar-refractivity contribution in [1.82, 2.24) is 5.32 Å². The first-order valence-corrected chi connectivity index (χ1v) is 6.24. The van der Waals surface area contributed by atoms with E-state index in [4.69, 9.17) is 0 Å². The average molecular weight is 219 g/mol. The van der Waals surface area contributed by atoms with Gasteiger partial charge in [0.15, 0.2) is 0 Å². The fourth-order valence-electron chi connectivity index (χ4n) is 2.55.